The minimum Gasteiger partial charge on any atom is -0.316 e. The Morgan fingerprint density at radius 1 is 1.39 bits per heavy atom. The number of halogens is 2. The molecule has 1 aromatic rings. The average Bonchev–Trinajstić information content (AvgIpc) is 2.83. The number of nitrogens with one attached hydrogen (secondary N) is 1. The predicted octanol–water partition coefficient (Wildman–Crippen LogP) is 3.66. The highest BCUT2D eigenvalue weighted by atomic mass is 35.5. The number of fused-ring (bicyclic) bond motifs is 1. The molecule has 0 radical (unpaired) electrons. The molecular formula is C15H19ClFN. The van der Waals surface area contributed by atoms with Gasteiger partial charge in [-0.2, -0.15) is 0 Å². The highest BCUT2D eigenvalue weighted by Gasteiger charge is 2.55. The van der Waals surface area contributed by atoms with E-state index >= 15 is 0 Å². The zero-order chi connectivity index (χ0) is 12.7. The van der Waals surface area contributed by atoms with Gasteiger partial charge in [0.25, 0.3) is 0 Å². The van der Waals surface area contributed by atoms with Crippen molar-refractivity contribution in [3.05, 3.63) is 34.6 Å². The number of likely N-dealkylation sites (N-methyl/N-ethyl adjacent to an activating group) is 1. The van der Waals surface area contributed by atoms with Crippen molar-refractivity contribution in [2.75, 3.05) is 7.05 Å². The van der Waals surface area contributed by atoms with E-state index in [1.807, 2.05) is 7.05 Å². The molecule has 2 aliphatic carbocycles. The van der Waals surface area contributed by atoms with E-state index in [-0.39, 0.29) is 5.82 Å². The van der Waals surface area contributed by atoms with E-state index in [4.69, 9.17) is 11.6 Å². The molecule has 3 rings (SSSR count). The van der Waals surface area contributed by atoms with Crippen molar-refractivity contribution < 1.29 is 4.39 Å². The third kappa shape index (κ3) is 2.06. The van der Waals surface area contributed by atoms with Crippen molar-refractivity contribution in [2.45, 2.75) is 31.7 Å². The minimum absolute atomic E-state index is 0.173. The lowest BCUT2D eigenvalue weighted by Gasteiger charge is -2.19. The molecule has 2 fully saturated rings. The fraction of sp³-hybridized carbons (Fsp3) is 0.600. The van der Waals surface area contributed by atoms with Gasteiger partial charge in [-0.1, -0.05) is 24.1 Å². The maximum Gasteiger partial charge on any atom is 0.127 e. The number of hydrogen-bond acceptors (Lipinski definition) is 1. The maximum atomic E-state index is 13.8. The number of hydrogen-bond donors (Lipinski definition) is 1. The molecule has 0 aliphatic heterocycles. The Hall–Kier alpha value is -0.600. The second-order valence-electron chi connectivity index (χ2n) is 5.64. The molecular weight excluding hydrogens is 249 g/mol. The van der Waals surface area contributed by atoms with Crippen LogP contribution in [-0.4, -0.2) is 13.1 Å². The standard InChI is InChI=1S/C15H19ClFN/c1-18-14(15-9-4-2-5-10(9)15)8-11-12(16)6-3-7-13(11)17/h3,6-7,9-10,14-15,18H,2,4-5,8H2,1H3. The molecule has 0 aromatic heterocycles. The Labute approximate surface area is 113 Å². The van der Waals surface area contributed by atoms with Gasteiger partial charge in [-0.15, -0.1) is 0 Å². The Morgan fingerprint density at radius 2 is 2.11 bits per heavy atom. The summed E-state index contributed by atoms with van der Waals surface area (Å²) in [7, 11) is 1.98. The fourth-order valence-corrected chi connectivity index (χ4v) is 4.09. The lowest BCUT2D eigenvalue weighted by Crippen LogP contribution is -2.32. The van der Waals surface area contributed by atoms with Crippen LogP contribution in [0.4, 0.5) is 4.39 Å². The largest absolute Gasteiger partial charge is 0.316 e. The number of rotatable bonds is 4. The van der Waals surface area contributed by atoms with Gasteiger partial charge < -0.3 is 5.32 Å². The third-order valence-electron chi connectivity index (χ3n) is 4.79. The monoisotopic (exact) mass is 267 g/mol. The summed E-state index contributed by atoms with van der Waals surface area (Å²) in [6.07, 6.45) is 4.80. The highest BCUT2D eigenvalue weighted by Crippen LogP contribution is 2.59. The molecule has 1 N–H and O–H groups in total. The van der Waals surface area contributed by atoms with Gasteiger partial charge in [0, 0.05) is 16.6 Å². The van der Waals surface area contributed by atoms with Crippen LogP contribution in [-0.2, 0) is 6.42 Å². The van der Waals surface area contributed by atoms with Crippen LogP contribution in [0.2, 0.25) is 5.02 Å². The van der Waals surface area contributed by atoms with Crippen molar-refractivity contribution >= 4 is 11.6 Å². The maximum absolute atomic E-state index is 13.8. The summed E-state index contributed by atoms with van der Waals surface area (Å²) < 4.78 is 13.8. The van der Waals surface area contributed by atoms with Crippen LogP contribution in [0.25, 0.3) is 0 Å². The lowest BCUT2D eigenvalue weighted by atomic mass is 9.97. The molecule has 0 saturated heterocycles. The molecule has 0 spiro atoms. The van der Waals surface area contributed by atoms with Crippen molar-refractivity contribution in [1.82, 2.24) is 5.32 Å². The van der Waals surface area contributed by atoms with Crippen molar-refractivity contribution in [1.29, 1.82) is 0 Å². The fourth-order valence-electron chi connectivity index (χ4n) is 3.85. The molecule has 0 bridgehead atoms. The van der Waals surface area contributed by atoms with E-state index in [0.29, 0.717) is 23.0 Å². The van der Waals surface area contributed by atoms with Crippen LogP contribution in [0.3, 0.4) is 0 Å². The van der Waals surface area contributed by atoms with E-state index in [0.717, 1.165) is 17.8 Å². The van der Waals surface area contributed by atoms with Crippen LogP contribution in [0.5, 0.6) is 0 Å². The minimum atomic E-state index is -0.173. The summed E-state index contributed by atoms with van der Waals surface area (Å²) in [5.74, 6) is 2.33. The Kier molecular flexibility index (Phi) is 3.33. The molecule has 0 heterocycles. The van der Waals surface area contributed by atoms with Crippen LogP contribution < -0.4 is 5.32 Å². The molecule has 0 amide bonds. The Balaban J connectivity index is 1.74. The van der Waals surface area contributed by atoms with Crippen LogP contribution in [0, 0.1) is 23.6 Å². The summed E-state index contributed by atoms with van der Waals surface area (Å²) in [6.45, 7) is 0. The SMILES string of the molecule is CNC(Cc1c(F)cccc1Cl)C1C2CCCC21. The summed E-state index contributed by atoms with van der Waals surface area (Å²) >= 11 is 6.11. The molecule has 3 heteroatoms. The molecule has 1 aromatic carbocycles. The Bertz CT molecular complexity index is 418. The van der Waals surface area contributed by atoms with Gasteiger partial charge in [-0.25, -0.2) is 4.39 Å². The molecule has 3 unspecified atom stereocenters. The van der Waals surface area contributed by atoms with Gasteiger partial charge in [0.1, 0.15) is 5.82 Å². The first kappa shape index (κ1) is 12.4. The van der Waals surface area contributed by atoms with E-state index in [1.54, 1.807) is 12.1 Å². The lowest BCUT2D eigenvalue weighted by molar-refractivity contribution is 0.423. The van der Waals surface area contributed by atoms with Gasteiger partial charge in [-0.3, -0.25) is 0 Å². The smallest absolute Gasteiger partial charge is 0.127 e. The average molecular weight is 268 g/mol. The third-order valence-corrected chi connectivity index (χ3v) is 5.15. The second-order valence-corrected chi connectivity index (χ2v) is 6.04. The summed E-state index contributed by atoms with van der Waals surface area (Å²) in [5, 5.41) is 3.93. The summed E-state index contributed by atoms with van der Waals surface area (Å²) in [5.41, 5.74) is 0.670. The zero-order valence-corrected chi connectivity index (χ0v) is 11.4. The van der Waals surface area contributed by atoms with Crippen LogP contribution >= 0.6 is 11.6 Å². The number of benzene rings is 1. The second kappa shape index (κ2) is 4.82. The van der Waals surface area contributed by atoms with E-state index in [1.165, 1.54) is 25.3 Å². The van der Waals surface area contributed by atoms with Crippen molar-refractivity contribution in [3.63, 3.8) is 0 Å². The van der Waals surface area contributed by atoms with E-state index in [9.17, 15) is 4.39 Å². The predicted molar refractivity (Wildman–Crippen MR) is 72.3 cm³/mol. The molecule has 2 aliphatic rings. The van der Waals surface area contributed by atoms with E-state index in [2.05, 4.69) is 5.32 Å². The highest BCUT2D eigenvalue weighted by molar-refractivity contribution is 6.31. The van der Waals surface area contributed by atoms with Crippen molar-refractivity contribution in [3.8, 4) is 0 Å². The first-order chi connectivity index (χ1) is 8.72. The van der Waals surface area contributed by atoms with Crippen molar-refractivity contribution in [2.24, 2.45) is 17.8 Å². The van der Waals surface area contributed by atoms with Crippen LogP contribution in [0.15, 0.2) is 18.2 Å². The van der Waals surface area contributed by atoms with Gasteiger partial charge in [0.05, 0.1) is 0 Å². The summed E-state index contributed by atoms with van der Waals surface area (Å²) in [4.78, 5) is 0. The van der Waals surface area contributed by atoms with Gasteiger partial charge >= 0.3 is 0 Å². The molecule has 98 valence electrons. The normalized spacial score (nSPS) is 31.2. The van der Waals surface area contributed by atoms with Gasteiger partial charge in [0.2, 0.25) is 0 Å². The molecule has 1 nitrogen and oxygen atoms in total. The Morgan fingerprint density at radius 3 is 2.72 bits per heavy atom. The zero-order valence-electron chi connectivity index (χ0n) is 10.6. The van der Waals surface area contributed by atoms with Gasteiger partial charge in [-0.05, 0) is 56.2 Å². The first-order valence-electron chi connectivity index (χ1n) is 6.82. The quantitative estimate of drug-likeness (QED) is 0.878. The molecule has 18 heavy (non-hydrogen) atoms. The van der Waals surface area contributed by atoms with E-state index < -0.39 is 0 Å². The first-order valence-corrected chi connectivity index (χ1v) is 7.20. The van der Waals surface area contributed by atoms with Gasteiger partial charge in [0.15, 0.2) is 0 Å². The topological polar surface area (TPSA) is 12.0 Å². The molecule has 2 saturated carbocycles. The van der Waals surface area contributed by atoms with Crippen LogP contribution in [0.1, 0.15) is 24.8 Å². The molecule has 3 atom stereocenters. The summed E-state index contributed by atoms with van der Waals surface area (Å²) in [6, 6.07) is 5.32.